The van der Waals surface area contributed by atoms with Crippen LogP contribution in [-0.2, 0) is 13.1 Å². The number of aromatic nitrogens is 2. The van der Waals surface area contributed by atoms with Gasteiger partial charge in [0.1, 0.15) is 22.6 Å². The smallest absolute Gasteiger partial charge is 0.139 e. The minimum Gasteiger partial charge on any atom is -0.497 e. The van der Waals surface area contributed by atoms with Crippen LogP contribution in [0, 0.1) is 5.82 Å². The van der Waals surface area contributed by atoms with Crippen LogP contribution in [0.5, 0.6) is 5.75 Å². The third-order valence-electron chi connectivity index (χ3n) is 5.55. The van der Waals surface area contributed by atoms with Crippen molar-refractivity contribution in [1.29, 1.82) is 0 Å². The molecule has 0 radical (unpaired) electrons. The summed E-state index contributed by atoms with van der Waals surface area (Å²) in [4.78, 5) is 4.58. The molecule has 154 valence electrons. The zero-order valence-electron chi connectivity index (χ0n) is 16.4. The van der Waals surface area contributed by atoms with Crippen molar-refractivity contribution >= 4 is 11.0 Å². The van der Waals surface area contributed by atoms with Gasteiger partial charge in [0.15, 0.2) is 0 Å². The predicted molar refractivity (Wildman–Crippen MR) is 106 cm³/mol. The molecule has 1 atom stereocenters. The van der Waals surface area contributed by atoms with Gasteiger partial charge in [-0.2, -0.15) is 0 Å². The largest absolute Gasteiger partial charge is 0.497 e. The van der Waals surface area contributed by atoms with Gasteiger partial charge in [0.2, 0.25) is 0 Å². The molecule has 8 heteroatoms. The van der Waals surface area contributed by atoms with E-state index in [9.17, 15) is 9.50 Å². The van der Waals surface area contributed by atoms with E-state index in [0.717, 1.165) is 42.8 Å². The third kappa shape index (κ3) is 4.39. The molecule has 1 N–H and O–H groups in total. The molecule has 1 saturated heterocycles. The quantitative estimate of drug-likeness (QED) is 0.653. The number of methoxy groups -OCH3 is 1. The Kier molecular flexibility index (Phi) is 6.03. The summed E-state index contributed by atoms with van der Waals surface area (Å²) in [7, 11) is 1.53. The Morgan fingerprint density at radius 1 is 1.17 bits per heavy atom. The summed E-state index contributed by atoms with van der Waals surface area (Å²) in [6.07, 6.45) is 0.643. The van der Waals surface area contributed by atoms with Crippen LogP contribution in [0.2, 0.25) is 0 Å². The van der Waals surface area contributed by atoms with Crippen LogP contribution >= 0.6 is 0 Å². The predicted octanol–water partition coefficient (Wildman–Crippen LogP) is 2.44. The molecule has 2 aromatic carbocycles. The van der Waals surface area contributed by atoms with E-state index in [1.165, 1.54) is 13.2 Å². The number of rotatable bonds is 7. The van der Waals surface area contributed by atoms with Gasteiger partial charge in [0, 0.05) is 57.0 Å². The molecule has 0 bridgehead atoms. The van der Waals surface area contributed by atoms with Gasteiger partial charge in [-0.15, -0.1) is 0 Å². The number of piperazine rings is 1. The van der Waals surface area contributed by atoms with Gasteiger partial charge in [-0.25, -0.2) is 9.02 Å². The number of nitrogens with zero attached hydrogens (tertiary/aromatic N) is 4. The van der Waals surface area contributed by atoms with E-state index < -0.39 is 0 Å². The zero-order chi connectivity index (χ0) is 20.2. The molecular formula is C21H25FN4O3. The fourth-order valence-electron chi connectivity index (χ4n) is 3.96. The number of ether oxygens (including phenoxy) is 1. The molecule has 1 aromatic heterocycles. The fourth-order valence-corrected chi connectivity index (χ4v) is 3.96. The fraction of sp³-hybridized carbons (Fsp3) is 0.429. The topological polar surface area (TPSA) is 74.9 Å². The summed E-state index contributed by atoms with van der Waals surface area (Å²) in [5, 5.41) is 17.5. The maximum atomic E-state index is 14.4. The van der Waals surface area contributed by atoms with E-state index in [1.54, 1.807) is 12.1 Å². The Balaban J connectivity index is 1.45. The van der Waals surface area contributed by atoms with E-state index in [4.69, 9.17) is 9.37 Å². The van der Waals surface area contributed by atoms with E-state index in [1.807, 2.05) is 18.2 Å². The highest BCUT2D eigenvalue weighted by atomic mass is 19.1. The summed E-state index contributed by atoms with van der Waals surface area (Å²) in [5.74, 6) is 0.249. The SMILES string of the molecule is COc1ccc(CN2CCN(Cc3cccc4nonc34)C[C@@H]2CCO)c(F)c1. The first kappa shape index (κ1) is 19.8. The Labute approximate surface area is 168 Å². The second kappa shape index (κ2) is 8.86. The first-order valence-electron chi connectivity index (χ1n) is 9.77. The molecular weight excluding hydrogens is 375 g/mol. The van der Waals surface area contributed by atoms with Crippen molar-refractivity contribution in [2.45, 2.75) is 25.6 Å². The normalized spacial score (nSPS) is 18.4. The average molecular weight is 400 g/mol. The molecule has 0 amide bonds. The molecule has 0 saturated carbocycles. The molecule has 0 aliphatic carbocycles. The Bertz CT molecular complexity index is 964. The number of benzene rings is 2. The Morgan fingerprint density at radius 3 is 2.86 bits per heavy atom. The van der Waals surface area contributed by atoms with E-state index in [2.05, 4.69) is 20.1 Å². The maximum Gasteiger partial charge on any atom is 0.139 e. The van der Waals surface area contributed by atoms with E-state index in [-0.39, 0.29) is 18.5 Å². The van der Waals surface area contributed by atoms with Gasteiger partial charge in [0.25, 0.3) is 0 Å². The summed E-state index contributed by atoms with van der Waals surface area (Å²) < 4.78 is 24.3. The van der Waals surface area contributed by atoms with Gasteiger partial charge < -0.3 is 9.84 Å². The van der Waals surface area contributed by atoms with Gasteiger partial charge in [-0.3, -0.25) is 9.80 Å². The van der Waals surface area contributed by atoms with Crippen LogP contribution in [0.1, 0.15) is 17.5 Å². The van der Waals surface area contributed by atoms with Gasteiger partial charge in [-0.05, 0) is 34.4 Å². The maximum absolute atomic E-state index is 14.4. The Morgan fingerprint density at radius 2 is 2.07 bits per heavy atom. The zero-order valence-corrected chi connectivity index (χ0v) is 16.4. The Hall–Kier alpha value is -2.55. The molecule has 1 fully saturated rings. The summed E-state index contributed by atoms with van der Waals surface area (Å²) >= 11 is 0. The highest BCUT2D eigenvalue weighted by molar-refractivity contribution is 5.76. The molecule has 0 spiro atoms. The standard InChI is InChI=1S/C21H25FN4O3/c1-28-18-6-5-15(19(22)11-18)13-26-9-8-25(14-17(26)7-10-27)12-16-3-2-4-20-21(16)24-29-23-20/h2-6,11,17,27H,7-10,12-14H2,1H3/t17-/m0/s1. The van der Waals surface area contributed by atoms with Crippen LogP contribution in [0.25, 0.3) is 11.0 Å². The minimum absolute atomic E-state index is 0.100. The molecule has 1 aliphatic heterocycles. The summed E-state index contributed by atoms with van der Waals surface area (Å²) in [6, 6.07) is 11.0. The number of aliphatic hydroxyl groups excluding tert-OH is 1. The van der Waals surface area contributed by atoms with Crippen molar-refractivity contribution in [3.8, 4) is 5.75 Å². The van der Waals surface area contributed by atoms with Gasteiger partial charge >= 0.3 is 0 Å². The minimum atomic E-state index is -0.264. The number of hydrogen-bond donors (Lipinski definition) is 1. The molecule has 1 aliphatic rings. The highest BCUT2D eigenvalue weighted by Crippen LogP contribution is 2.23. The molecule has 7 nitrogen and oxygen atoms in total. The lowest BCUT2D eigenvalue weighted by molar-refractivity contribution is 0.0494. The van der Waals surface area contributed by atoms with Crippen molar-refractivity contribution in [2.75, 3.05) is 33.4 Å². The van der Waals surface area contributed by atoms with Gasteiger partial charge in [-0.1, -0.05) is 18.2 Å². The lowest BCUT2D eigenvalue weighted by Crippen LogP contribution is -2.52. The second-order valence-corrected chi connectivity index (χ2v) is 7.38. The van der Waals surface area contributed by atoms with E-state index in [0.29, 0.717) is 24.3 Å². The monoisotopic (exact) mass is 400 g/mol. The molecule has 3 aromatic rings. The number of fused-ring (bicyclic) bond motifs is 1. The lowest BCUT2D eigenvalue weighted by atomic mass is 10.1. The second-order valence-electron chi connectivity index (χ2n) is 7.38. The highest BCUT2D eigenvalue weighted by Gasteiger charge is 2.28. The third-order valence-corrected chi connectivity index (χ3v) is 5.55. The first-order valence-corrected chi connectivity index (χ1v) is 9.77. The van der Waals surface area contributed by atoms with Gasteiger partial charge in [0.05, 0.1) is 7.11 Å². The molecule has 0 unspecified atom stereocenters. The molecule has 2 heterocycles. The van der Waals surface area contributed by atoms with Crippen LogP contribution < -0.4 is 4.74 Å². The molecule has 29 heavy (non-hydrogen) atoms. The number of halogens is 1. The summed E-state index contributed by atoms with van der Waals surface area (Å²) in [5.41, 5.74) is 3.25. The van der Waals surface area contributed by atoms with Crippen molar-refractivity contribution in [3.05, 3.63) is 53.3 Å². The van der Waals surface area contributed by atoms with Crippen molar-refractivity contribution < 1.29 is 18.9 Å². The van der Waals surface area contributed by atoms with Crippen LogP contribution in [0.15, 0.2) is 41.0 Å². The van der Waals surface area contributed by atoms with Crippen LogP contribution in [0.3, 0.4) is 0 Å². The lowest BCUT2D eigenvalue weighted by Gasteiger charge is -2.41. The molecule has 4 rings (SSSR count). The van der Waals surface area contributed by atoms with Crippen molar-refractivity contribution in [1.82, 2.24) is 20.1 Å². The van der Waals surface area contributed by atoms with Crippen molar-refractivity contribution in [3.63, 3.8) is 0 Å². The first-order chi connectivity index (χ1) is 14.2. The number of hydrogen-bond acceptors (Lipinski definition) is 7. The van der Waals surface area contributed by atoms with Crippen molar-refractivity contribution in [2.24, 2.45) is 0 Å². The van der Waals surface area contributed by atoms with Crippen LogP contribution in [-0.4, -0.2) is 64.6 Å². The van der Waals surface area contributed by atoms with E-state index >= 15 is 0 Å². The average Bonchev–Trinajstić information content (AvgIpc) is 3.21. The summed E-state index contributed by atoms with van der Waals surface area (Å²) in [6.45, 7) is 3.78. The number of aliphatic hydroxyl groups is 1. The van der Waals surface area contributed by atoms with Crippen LogP contribution in [0.4, 0.5) is 4.39 Å².